The lowest BCUT2D eigenvalue weighted by Crippen LogP contribution is -2.20. The standard InChI is InChI=1S/C15H14N2O3/c16-9-13(17-10-12-2-1-5-18-12)11-3-4-14-15(8-11)20-7-6-19-14/h1-5,8,13,17H,6-7,10H2. The minimum absolute atomic E-state index is 0.420. The zero-order valence-electron chi connectivity index (χ0n) is 10.8. The molecule has 0 bridgehead atoms. The number of fused-ring (bicyclic) bond motifs is 1. The third-order valence-corrected chi connectivity index (χ3v) is 3.09. The van der Waals surface area contributed by atoms with Crippen molar-refractivity contribution in [1.82, 2.24) is 5.32 Å². The molecule has 2 aromatic rings. The van der Waals surface area contributed by atoms with Gasteiger partial charge in [-0.2, -0.15) is 5.26 Å². The molecule has 0 fully saturated rings. The number of nitrogens with zero attached hydrogens (tertiary/aromatic N) is 1. The molecule has 0 saturated carbocycles. The molecule has 1 N–H and O–H groups in total. The summed E-state index contributed by atoms with van der Waals surface area (Å²) in [6, 6.07) is 11.1. The van der Waals surface area contributed by atoms with Crippen molar-refractivity contribution in [3.63, 3.8) is 0 Å². The molecular formula is C15H14N2O3. The van der Waals surface area contributed by atoms with E-state index in [1.54, 1.807) is 6.26 Å². The van der Waals surface area contributed by atoms with E-state index in [4.69, 9.17) is 13.9 Å². The largest absolute Gasteiger partial charge is 0.486 e. The smallest absolute Gasteiger partial charge is 0.161 e. The van der Waals surface area contributed by atoms with Crippen molar-refractivity contribution < 1.29 is 13.9 Å². The lowest BCUT2D eigenvalue weighted by molar-refractivity contribution is 0.171. The lowest BCUT2D eigenvalue weighted by Gasteiger charge is -2.20. The molecule has 5 nitrogen and oxygen atoms in total. The number of nitriles is 1. The molecule has 0 spiro atoms. The van der Waals surface area contributed by atoms with Gasteiger partial charge in [0.15, 0.2) is 11.5 Å². The molecule has 0 aliphatic carbocycles. The summed E-state index contributed by atoms with van der Waals surface area (Å²) < 4.78 is 16.2. The molecule has 1 aliphatic heterocycles. The number of hydrogen-bond donors (Lipinski definition) is 1. The maximum atomic E-state index is 9.30. The Balaban J connectivity index is 1.74. The van der Waals surface area contributed by atoms with Gasteiger partial charge < -0.3 is 13.9 Å². The fourth-order valence-electron chi connectivity index (χ4n) is 2.09. The van der Waals surface area contributed by atoms with Gasteiger partial charge >= 0.3 is 0 Å². The van der Waals surface area contributed by atoms with Crippen LogP contribution in [0.4, 0.5) is 0 Å². The molecule has 1 aromatic carbocycles. The van der Waals surface area contributed by atoms with Crippen LogP contribution in [0.1, 0.15) is 17.4 Å². The zero-order chi connectivity index (χ0) is 13.8. The summed E-state index contributed by atoms with van der Waals surface area (Å²) in [7, 11) is 0. The first-order valence-corrected chi connectivity index (χ1v) is 6.42. The van der Waals surface area contributed by atoms with Crippen LogP contribution < -0.4 is 14.8 Å². The third kappa shape index (κ3) is 2.60. The fraction of sp³-hybridized carbons (Fsp3) is 0.267. The molecule has 1 aliphatic rings. The Morgan fingerprint density at radius 3 is 2.80 bits per heavy atom. The van der Waals surface area contributed by atoms with Crippen LogP contribution in [0, 0.1) is 11.3 Å². The van der Waals surface area contributed by atoms with Crippen molar-refractivity contribution in [1.29, 1.82) is 5.26 Å². The maximum Gasteiger partial charge on any atom is 0.161 e. The van der Waals surface area contributed by atoms with Crippen molar-refractivity contribution in [2.75, 3.05) is 13.2 Å². The van der Waals surface area contributed by atoms with Crippen LogP contribution in [0.5, 0.6) is 11.5 Å². The average molecular weight is 270 g/mol. The van der Waals surface area contributed by atoms with E-state index in [1.165, 1.54) is 0 Å². The van der Waals surface area contributed by atoms with Gasteiger partial charge in [0.2, 0.25) is 0 Å². The summed E-state index contributed by atoms with van der Waals surface area (Å²) in [5.74, 6) is 2.21. The molecule has 3 rings (SSSR count). The van der Waals surface area contributed by atoms with E-state index in [1.807, 2.05) is 30.3 Å². The van der Waals surface area contributed by atoms with E-state index in [9.17, 15) is 5.26 Å². The highest BCUT2D eigenvalue weighted by Crippen LogP contribution is 2.32. The Bertz CT molecular complexity index is 617. The summed E-state index contributed by atoms with van der Waals surface area (Å²) in [5, 5.41) is 12.4. The van der Waals surface area contributed by atoms with E-state index >= 15 is 0 Å². The van der Waals surface area contributed by atoms with Crippen molar-refractivity contribution in [2.24, 2.45) is 0 Å². The Kier molecular flexibility index (Phi) is 3.57. The Labute approximate surface area is 116 Å². The second-order valence-electron chi connectivity index (χ2n) is 4.43. The molecule has 1 atom stereocenters. The van der Waals surface area contributed by atoms with E-state index in [0.717, 1.165) is 17.1 Å². The summed E-state index contributed by atoms with van der Waals surface area (Å²) in [4.78, 5) is 0. The predicted octanol–water partition coefficient (Wildman–Crippen LogP) is 2.41. The van der Waals surface area contributed by atoms with Crippen LogP contribution >= 0.6 is 0 Å². The molecular weight excluding hydrogens is 256 g/mol. The molecule has 1 aromatic heterocycles. The number of rotatable bonds is 4. The zero-order valence-corrected chi connectivity index (χ0v) is 10.8. The molecule has 0 radical (unpaired) electrons. The van der Waals surface area contributed by atoms with Crippen LogP contribution in [0.25, 0.3) is 0 Å². The monoisotopic (exact) mass is 270 g/mol. The van der Waals surface area contributed by atoms with E-state index < -0.39 is 6.04 Å². The van der Waals surface area contributed by atoms with Crippen molar-refractivity contribution in [2.45, 2.75) is 12.6 Å². The molecule has 0 saturated heterocycles. The predicted molar refractivity (Wildman–Crippen MR) is 71.3 cm³/mol. The first-order valence-electron chi connectivity index (χ1n) is 6.42. The van der Waals surface area contributed by atoms with Gasteiger partial charge in [-0.05, 0) is 29.8 Å². The van der Waals surface area contributed by atoms with Crippen LogP contribution in [-0.2, 0) is 6.54 Å². The van der Waals surface area contributed by atoms with Crippen LogP contribution in [-0.4, -0.2) is 13.2 Å². The number of benzene rings is 1. The lowest BCUT2D eigenvalue weighted by atomic mass is 10.1. The Hall–Kier alpha value is -2.45. The second kappa shape index (κ2) is 5.68. The molecule has 102 valence electrons. The van der Waals surface area contributed by atoms with E-state index in [2.05, 4.69) is 11.4 Å². The molecule has 1 unspecified atom stereocenters. The summed E-state index contributed by atoms with van der Waals surface area (Å²) in [6.07, 6.45) is 1.61. The second-order valence-corrected chi connectivity index (χ2v) is 4.43. The minimum Gasteiger partial charge on any atom is -0.486 e. The van der Waals surface area contributed by atoms with Gasteiger partial charge in [0, 0.05) is 0 Å². The normalized spacial score (nSPS) is 14.6. The quantitative estimate of drug-likeness (QED) is 0.924. The Morgan fingerprint density at radius 1 is 1.20 bits per heavy atom. The number of ether oxygens (including phenoxy) is 2. The van der Waals surface area contributed by atoms with Gasteiger partial charge in [-0.25, -0.2) is 0 Å². The summed E-state index contributed by atoms with van der Waals surface area (Å²) >= 11 is 0. The van der Waals surface area contributed by atoms with Crippen LogP contribution in [0.3, 0.4) is 0 Å². The maximum absolute atomic E-state index is 9.30. The van der Waals surface area contributed by atoms with Crippen molar-refractivity contribution >= 4 is 0 Å². The molecule has 20 heavy (non-hydrogen) atoms. The fourth-order valence-corrected chi connectivity index (χ4v) is 2.09. The molecule has 2 heterocycles. The highest BCUT2D eigenvalue weighted by Gasteiger charge is 2.16. The van der Waals surface area contributed by atoms with Gasteiger partial charge in [0.1, 0.15) is 25.0 Å². The van der Waals surface area contributed by atoms with Crippen LogP contribution in [0.2, 0.25) is 0 Å². The first-order chi connectivity index (χ1) is 9.86. The average Bonchev–Trinajstić information content (AvgIpc) is 3.01. The van der Waals surface area contributed by atoms with Gasteiger partial charge in [0.25, 0.3) is 0 Å². The van der Waals surface area contributed by atoms with Gasteiger partial charge in [-0.1, -0.05) is 6.07 Å². The van der Waals surface area contributed by atoms with E-state index in [-0.39, 0.29) is 0 Å². The minimum atomic E-state index is -0.420. The van der Waals surface area contributed by atoms with Gasteiger partial charge in [0.05, 0.1) is 18.9 Å². The number of hydrogen-bond acceptors (Lipinski definition) is 5. The summed E-state index contributed by atoms with van der Waals surface area (Å²) in [5.41, 5.74) is 0.850. The highest BCUT2D eigenvalue weighted by atomic mass is 16.6. The number of nitrogens with one attached hydrogen (secondary N) is 1. The van der Waals surface area contributed by atoms with E-state index in [0.29, 0.717) is 25.5 Å². The topological polar surface area (TPSA) is 67.4 Å². The van der Waals surface area contributed by atoms with Gasteiger partial charge in [-0.15, -0.1) is 0 Å². The first kappa shape index (κ1) is 12.6. The van der Waals surface area contributed by atoms with Crippen molar-refractivity contribution in [3.05, 3.63) is 47.9 Å². The van der Waals surface area contributed by atoms with Gasteiger partial charge in [-0.3, -0.25) is 5.32 Å². The number of furan rings is 1. The van der Waals surface area contributed by atoms with Crippen molar-refractivity contribution in [3.8, 4) is 17.6 Å². The Morgan fingerprint density at radius 2 is 2.05 bits per heavy atom. The van der Waals surface area contributed by atoms with Crippen LogP contribution in [0.15, 0.2) is 41.0 Å². The summed E-state index contributed by atoms with van der Waals surface area (Å²) in [6.45, 7) is 1.60. The highest BCUT2D eigenvalue weighted by molar-refractivity contribution is 5.45. The molecule has 5 heteroatoms. The SMILES string of the molecule is N#CC(NCc1ccco1)c1ccc2c(c1)OCCO2. The molecule has 0 amide bonds. The third-order valence-electron chi connectivity index (χ3n) is 3.09.